The molecule has 1 saturated carbocycles. The fourth-order valence-electron chi connectivity index (χ4n) is 2.86. The number of phenols is 1. The predicted molar refractivity (Wildman–Crippen MR) is 88.2 cm³/mol. The normalized spacial score (nSPS) is 20.8. The summed E-state index contributed by atoms with van der Waals surface area (Å²) in [6.45, 7) is 1.63. The van der Waals surface area contributed by atoms with Crippen LogP contribution in [0.3, 0.4) is 0 Å². The number of halogens is 1. The second-order valence-corrected chi connectivity index (χ2v) is 6.02. The van der Waals surface area contributed by atoms with Crippen LogP contribution in [0, 0.1) is 5.92 Å². The van der Waals surface area contributed by atoms with Crippen molar-refractivity contribution in [3.05, 3.63) is 23.8 Å². The number of rotatable bonds is 5. The minimum atomic E-state index is -1.14. The number of amides is 1. The van der Waals surface area contributed by atoms with E-state index < -0.39 is 11.8 Å². The zero-order chi connectivity index (χ0) is 17.9. The van der Waals surface area contributed by atoms with Crippen LogP contribution in [0.25, 0.3) is 0 Å². The summed E-state index contributed by atoms with van der Waals surface area (Å²) in [5, 5.41) is 12.2. The number of alkyl halides is 1. The van der Waals surface area contributed by atoms with Gasteiger partial charge in [0.05, 0.1) is 5.69 Å². The maximum atomic E-state index is 12.2. The van der Waals surface area contributed by atoms with E-state index in [1.165, 1.54) is 12.1 Å². The molecule has 7 heteroatoms. The molecule has 2 rings (SSSR count). The van der Waals surface area contributed by atoms with Gasteiger partial charge in [0, 0.05) is 19.3 Å². The standard InChI is InChI=1S/C17H18ClNO5/c1-2-12(20)17-14(22)6-10(7-15(17)23)9-3-4-13(21)11(5-9)19-16(24)8-18/h3-5,10,17,21H,2,6-8H2,1H3,(H,19,24). The van der Waals surface area contributed by atoms with Crippen LogP contribution < -0.4 is 5.32 Å². The Labute approximate surface area is 144 Å². The van der Waals surface area contributed by atoms with E-state index in [0.717, 1.165) is 0 Å². The lowest BCUT2D eigenvalue weighted by molar-refractivity contribution is -0.142. The number of benzene rings is 1. The molecule has 0 aliphatic heterocycles. The quantitative estimate of drug-likeness (QED) is 0.481. The smallest absolute Gasteiger partial charge is 0.239 e. The first-order chi connectivity index (χ1) is 11.4. The number of phenolic OH excluding ortho intramolecular Hbond substituents is 1. The molecular formula is C17H18ClNO5. The summed E-state index contributed by atoms with van der Waals surface area (Å²) in [4.78, 5) is 47.5. The summed E-state index contributed by atoms with van der Waals surface area (Å²) in [6, 6.07) is 4.50. The van der Waals surface area contributed by atoms with Crippen LogP contribution in [0.2, 0.25) is 0 Å². The maximum absolute atomic E-state index is 12.2. The first-order valence-corrected chi connectivity index (χ1v) is 8.17. The second-order valence-electron chi connectivity index (χ2n) is 5.75. The number of anilines is 1. The van der Waals surface area contributed by atoms with Crippen LogP contribution in [-0.4, -0.2) is 34.2 Å². The van der Waals surface area contributed by atoms with Gasteiger partial charge in [0.15, 0.2) is 17.3 Å². The third kappa shape index (κ3) is 3.82. The molecule has 2 N–H and O–H groups in total. The molecule has 0 unspecified atom stereocenters. The number of carbonyl (C=O) groups is 4. The van der Waals surface area contributed by atoms with Crippen LogP contribution in [0.5, 0.6) is 5.75 Å². The molecule has 1 amide bonds. The van der Waals surface area contributed by atoms with Gasteiger partial charge in [-0.05, 0) is 23.6 Å². The van der Waals surface area contributed by atoms with Crippen molar-refractivity contribution in [2.24, 2.45) is 5.92 Å². The van der Waals surface area contributed by atoms with E-state index in [1.807, 2.05) is 0 Å². The highest BCUT2D eigenvalue weighted by atomic mass is 35.5. The molecule has 6 nitrogen and oxygen atoms in total. The van der Waals surface area contributed by atoms with Gasteiger partial charge >= 0.3 is 0 Å². The third-order valence-corrected chi connectivity index (χ3v) is 4.34. The van der Waals surface area contributed by atoms with E-state index >= 15 is 0 Å². The summed E-state index contributed by atoms with van der Waals surface area (Å²) < 4.78 is 0. The molecule has 0 radical (unpaired) electrons. The third-order valence-electron chi connectivity index (χ3n) is 4.10. The molecule has 0 heterocycles. The first kappa shape index (κ1) is 18.1. The highest BCUT2D eigenvalue weighted by molar-refractivity contribution is 6.29. The Morgan fingerprint density at radius 3 is 2.42 bits per heavy atom. The zero-order valence-electron chi connectivity index (χ0n) is 13.2. The number of nitrogens with one attached hydrogen (secondary N) is 1. The van der Waals surface area contributed by atoms with Gasteiger partial charge < -0.3 is 10.4 Å². The van der Waals surface area contributed by atoms with Gasteiger partial charge in [0.25, 0.3) is 0 Å². The number of hydrogen-bond donors (Lipinski definition) is 2. The van der Waals surface area contributed by atoms with Crippen LogP contribution in [0.4, 0.5) is 5.69 Å². The average molecular weight is 352 g/mol. The molecule has 1 aromatic carbocycles. The molecule has 1 aliphatic rings. The Hall–Kier alpha value is -2.21. The van der Waals surface area contributed by atoms with Crippen LogP contribution in [0.15, 0.2) is 18.2 Å². The van der Waals surface area contributed by atoms with E-state index in [1.54, 1.807) is 13.0 Å². The van der Waals surface area contributed by atoms with Crippen molar-refractivity contribution in [2.75, 3.05) is 11.2 Å². The van der Waals surface area contributed by atoms with Gasteiger partial charge in [-0.3, -0.25) is 19.2 Å². The van der Waals surface area contributed by atoms with E-state index in [4.69, 9.17) is 11.6 Å². The number of ketones is 3. The van der Waals surface area contributed by atoms with Crippen LogP contribution in [0.1, 0.15) is 37.7 Å². The Morgan fingerprint density at radius 1 is 1.25 bits per heavy atom. The van der Waals surface area contributed by atoms with Gasteiger partial charge in [-0.25, -0.2) is 0 Å². The van der Waals surface area contributed by atoms with Gasteiger partial charge in [0.2, 0.25) is 5.91 Å². The van der Waals surface area contributed by atoms with Crippen molar-refractivity contribution in [1.82, 2.24) is 0 Å². The van der Waals surface area contributed by atoms with E-state index in [2.05, 4.69) is 5.32 Å². The monoisotopic (exact) mass is 351 g/mol. The molecule has 0 spiro atoms. The lowest BCUT2D eigenvalue weighted by Crippen LogP contribution is -2.37. The largest absolute Gasteiger partial charge is 0.506 e. The summed E-state index contributed by atoms with van der Waals surface area (Å²) in [7, 11) is 0. The summed E-state index contributed by atoms with van der Waals surface area (Å²) in [5.74, 6) is -3.48. The van der Waals surface area contributed by atoms with Crippen molar-refractivity contribution in [3.8, 4) is 5.75 Å². The van der Waals surface area contributed by atoms with E-state index in [9.17, 15) is 24.3 Å². The zero-order valence-corrected chi connectivity index (χ0v) is 13.9. The fraction of sp³-hybridized carbons (Fsp3) is 0.412. The molecule has 0 atom stereocenters. The average Bonchev–Trinajstić information content (AvgIpc) is 2.55. The van der Waals surface area contributed by atoms with Gasteiger partial charge in [-0.1, -0.05) is 13.0 Å². The number of aromatic hydroxyl groups is 1. The summed E-state index contributed by atoms with van der Waals surface area (Å²) >= 11 is 5.43. The van der Waals surface area contributed by atoms with Crippen molar-refractivity contribution in [2.45, 2.75) is 32.1 Å². The summed E-state index contributed by atoms with van der Waals surface area (Å²) in [6.07, 6.45) is 0.312. The molecule has 0 bridgehead atoms. The lowest BCUT2D eigenvalue weighted by Gasteiger charge is -2.26. The number of Topliss-reactive ketones (excluding diaryl/α,β-unsaturated/α-hetero) is 3. The lowest BCUT2D eigenvalue weighted by atomic mass is 9.75. The molecule has 0 saturated heterocycles. The Balaban J connectivity index is 2.23. The summed E-state index contributed by atoms with van der Waals surface area (Å²) in [5.41, 5.74) is 0.812. The molecule has 1 aliphatic carbocycles. The molecular weight excluding hydrogens is 334 g/mol. The van der Waals surface area contributed by atoms with Crippen molar-refractivity contribution < 1.29 is 24.3 Å². The van der Waals surface area contributed by atoms with Crippen LogP contribution >= 0.6 is 11.6 Å². The maximum Gasteiger partial charge on any atom is 0.239 e. The number of carbonyl (C=O) groups excluding carboxylic acids is 4. The van der Waals surface area contributed by atoms with Gasteiger partial charge in [0.1, 0.15) is 17.5 Å². The SMILES string of the molecule is CCC(=O)C1C(=O)CC(c2ccc(O)c(NC(=O)CCl)c2)CC1=O. The van der Waals surface area contributed by atoms with Crippen molar-refractivity contribution in [3.63, 3.8) is 0 Å². The van der Waals surface area contributed by atoms with E-state index in [0.29, 0.717) is 5.56 Å². The minimum absolute atomic E-state index is 0.0792. The highest BCUT2D eigenvalue weighted by Gasteiger charge is 2.39. The molecule has 0 aromatic heterocycles. The van der Waals surface area contributed by atoms with Gasteiger partial charge in [-0.2, -0.15) is 0 Å². The van der Waals surface area contributed by atoms with Crippen LogP contribution in [-0.2, 0) is 19.2 Å². The highest BCUT2D eigenvalue weighted by Crippen LogP contribution is 2.35. The fourth-order valence-corrected chi connectivity index (χ4v) is 2.93. The first-order valence-electron chi connectivity index (χ1n) is 7.64. The van der Waals surface area contributed by atoms with E-state index in [-0.39, 0.29) is 59.8 Å². The van der Waals surface area contributed by atoms with Crippen molar-refractivity contribution >= 4 is 40.5 Å². The van der Waals surface area contributed by atoms with Crippen molar-refractivity contribution in [1.29, 1.82) is 0 Å². The predicted octanol–water partition coefficient (Wildman–Crippen LogP) is 2.18. The molecule has 1 aromatic rings. The Kier molecular flexibility index (Phi) is 5.72. The topological polar surface area (TPSA) is 101 Å². The number of hydrogen-bond acceptors (Lipinski definition) is 5. The van der Waals surface area contributed by atoms with Gasteiger partial charge in [-0.15, -0.1) is 11.6 Å². The Bertz CT molecular complexity index is 682. The second kappa shape index (κ2) is 7.57. The Morgan fingerprint density at radius 2 is 1.88 bits per heavy atom. The molecule has 128 valence electrons. The molecule has 24 heavy (non-hydrogen) atoms. The molecule has 1 fully saturated rings. The minimum Gasteiger partial charge on any atom is -0.506 e.